The second kappa shape index (κ2) is 7.40. The predicted octanol–water partition coefficient (Wildman–Crippen LogP) is 1.27. The zero-order chi connectivity index (χ0) is 19.7. The summed E-state index contributed by atoms with van der Waals surface area (Å²) in [6.07, 6.45) is 2.45. The molecule has 1 aromatic rings. The van der Waals surface area contributed by atoms with Gasteiger partial charge in [0, 0.05) is 25.3 Å². The predicted molar refractivity (Wildman–Crippen MR) is 96.2 cm³/mol. The molecule has 146 valence electrons. The second-order valence-electron chi connectivity index (χ2n) is 7.41. The molecule has 8 nitrogen and oxygen atoms in total. The van der Waals surface area contributed by atoms with Gasteiger partial charge < -0.3 is 14.6 Å². The number of nitrogens with zero attached hydrogens (tertiary/aromatic N) is 2. The third kappa shape index (κ3) is 4.27. The molecule has 0 spiro atoms. The van der Waals surface area contributed by atoms with Crippen molar-refractivity contribution >= 4 is 21.9 Å². The van der Waals surface area contributed by atoms with Crippen LogP contribution in [0.5, 0.6) is 0 Å². The molecular formula is C17H27N3O5S. The number of esters is 1. The molecule has 1 saturated heterocycles. The molecule has 1 aliphatic rings. The highest BCUT2D eigenvalue weighted by molar-refractivity contribution is 7.89. The second-order valence-corrected chi connectivity index (χ2v) is 9.30. The van der Waals surface area contributed by atoms with Crippen molar-refractivity contribution in [3.63, 3.8) is 0 Å². The van der Waals surface area contributed by atoms with Gasteiger partial charge in [-0.3, -0.25) is 4.79 Å². The lowest BCUT2D eigenvalue weighted by molar-refractivity contribution is -0.125. The van der Waals surface area contributed by atoms with Gasteiger partial charge in [0.05, 0.1) is 6.61 Å². The van der Waals surface area contributed by atoms with Crippen LogP contribution >= 0.6 is 0 Å². The van der Waals surface area contributed by atoms with E-state index in [9.17, 15) is 18.0 Å². The van der Waals surface area contributed by atoms with Crippen LogP contribution in [0.15, 0.2) is 17.2 Å². The van der Waals surface area contributed by atoms with Crippen molar-refractivity contribution in [3.05, 3.63) is 18.0 Å². The first-order valence-electron chi connectivity index (χ1n) is 8.64. The average Bonchev–Trinajstić information content (AvgIpc) is 3.12. The van der Waals surface area contributed by atoms with E-state index in [2.05, 4.69) is 5.32 Å². The fraction of sp³-hybridized carbons (Fsp3) is 0.647. The maximum atomic E-state index is 13.0. The van der Waals surface area contributed by atoms with Gasteiger partial charge in [-0.05, 0) is 46.6 Å². The van der Waals surface area contributed by atoms with Crippen LogP contribution in [0, 0.1) is 0 Å². The Morgan fingerprint density at radius 2 is 2.00 bits per heavy atom. The van der Waals surface area contributed by atoms with Gasteiger partial charge in [0.2, 0.25) is 15.9 Å². The molecule has 0 saturated carbocycles. The van der Waals surface area contributed by atoms with Gasteiger partial charge in [0.25, 0.3) is 0 Å². The fourth-order valence-corrected chi connectivity index (χ4v) is 4.69. The summed E-state index contributed by atoms with van der Waals surface area (Å²) in [6, 6.07) is 0.551. The third-order valence-electron chi connectivity index (χ3n) is 4.08. The highest BCUT2D eigenvalue weighted by Crippen LogP contribution is 2.27. The van der Waals surface area contributed by atoms with Gasteiger partial charge in [0.15, 0.2) is 0 Å². The highest BCUT2D eigenvalue weighted by atomic mass is 32.2. The minimum absolute atomic E-state index is 0.0153. The zero-order valence-corrected chi connectivity index (χ0v) is 16.7. The summed E-state index contributed by atoms with van der Waals surface area (Å²) in [7, 11) is -2.31. The van der Waals surface area contributed by atoms with Gasteiger partial charge in [-0.25, -0.2) is 13.2 Å². The lowest BCUT2D eigenvalue weighted by Gasteiger charge is -2.27. The first-order chi connectivity index (χ1) is 12.0. The van der Waals surface area contributed by atoms with Gasteiger partial charge in [-0.15, -0.1) is 0 Å². The molecule has 2 rings (SSSR count). The molecule has 0 bridgehead atoms. The van der Waals surface area contributed by atoms with E-state index in [1.165, 1.54) is 21.1 Å². The molecule has 1 atom stereocenters. The van der Waals surface area contributed by atoms with Crippen LogP contribution in [0.4, 0.5) is 0 Å². The molecule has 1 aliphatic heterocycles. The maximum absolute atomic E-state index is 13.0. The Kier molecular flexibility index (Phi) is 5.82. The zero-order valence-electron chi connectivity index (χ0n) is 15.9. The Balaban J connectivity index is 2.30. The Morgan fingerprint density at radius 1 is 1.35 bits per heavy atom. The van der Waals surface area contributed by atoms with Crippen molar-refractivity contribution < 1.29 is 22.7 Å². The maximum Gasteiger partial charge on any atom is 0.354 e. The standard InChI is InChI=1S/C17H27N3O5S/c1-6-25-16(22)14-10-12(11-19(14)5)26(23,24)20-9-7-8-13(20)15(21)18-17(2,3)4/h10-11,13H,6-9H2,1-5H3,(H,18,21). The molecule has 1 amide bonds. The fourth-order valence-electron chi connectivity index (χ4n) is 2.96. The number of hydrogen-bond donors (Lipinski definition) is 1. The SMILES string of the molecule is CCOC(=O)c1cc(S(=O)(=O)N2CCCC2C(=O)NC(C)(C)C)cn1C. The number of hydrogen-bond acceptors (Lipinski definition) is 5. The van der Waals surface area contributed by atoms with Crippen LogP contribution in [-0.2, 0) is 26.6 Å². The van der Waals surface area contributed by atoms with E-state index in [0.29, 0.717) is 12.8 Å². The van der Waals surface area contributed by atoms with Crippen molar-refractivity contribution in [2.24, 2.45) is 7.05 Å². The van der Waals surface area contributed by atoms with Gasteiger partial charge in [-0.1, -0.05) is 0 Å². The summed E-state index contributed by atoms with van der Waals surface area (Å²) >= 11 is 0. The van der Waals surface area contributed by atoms with E-state index < -0.39 is 27.6 Å². The first-order valence-corrected chi connectivity index (χ1v) is 10.1. The van der Waals surface area contributed by atoms with Crippen molar-refractivity contribution in [1.29, 1.82) is 0 Å². The van der Waals surface area contributed by atoms with Crippen LogP contribution in [0.25, 0.3) is 0 Å². The average molecular weight is 385 g/mol. The van der Waals surface area contributed by atoms with Gasteiger partial charge in [-0.2, -0.15) is 4.31 Å². The van der Waals surface area contributed by atoms with E-state index in [-0.39, 0.29) is 29.6 Å². The van der Waals surface area contributed by atoms with E-state index >= 15 is 0 Å². The Bertz CT molecular complexity index is 792. The van der Waals surface area contributed by atoms with E-state index in [4.69, 9.17) is 4.74 Å². The molecule has 1 aromatic heterocycles. The summed E-state index contributed by atoms with van der Waals surface area (Å²) < 4.78 is 33.7. The number of carbonyl (C=O) groups is 2. The van der Waals surface area contributed by atoms with Crippen molar-refractivity contribution in [2.45, 2.75) is 57.0 Å². The number of ether oxygens (including phenoxy) is 1. The summed E-state index contributed by atoms with van der Waals surface area (Å²) in [5.74, 6) is -0.889. The summed E-state index contributed by atoms with van der Waals surface area (Å²) in [5.41, 5.74) is -0.292. The van der Waals surface area contributed by atoms with Crippen LogP contribution in [0.1, 0.15) is 51.0 Å². The van der Waals surface area contributed by atoms with Crippen molar-refractivity contribution in [3.8, 4) is 0 Å². The van der Waals surface area contributed by atoms with Crippen molar-refractivity contribution in [1.82, 2.24) is 14.2 Å². The van der Waals surface area contributed by atoms with Crippen LogP contribution in [0.3, 0.4) is 0 Å². The molecule has 26 heavy (non-hydrogen) atoms. The molecule has 1 unspecified atom stereocenters. The van der Waals surface area contributed by atoms with Crippen LogP contribution < -0.4 is 5.32 Å². The van der Waals surface area contributed by atoms with Gasteiger partial charge >= 0.3 is 5.97 Å². The van der Waals surface area contributed by atoms with Crippen LogP contribution in [0.2, 0.25) is 0 Å². The Morgan fingerprint density at radius 3 is 2.58 bits per heavy atom. The molecule has 1 N–H and O–H groups in total. The topological polar surface area (TPSA) is 97.7 Å². The molecule has 9 heteroatoms. The monoisotopic (exact) mass is 385 g/mol. The Hall–Kier alpha value is -1.87. The summed E-state index contributed by atoms with van der Waals surface area (Å²) in [5, 5.41) is 2.84. The number of aryl methyl sites for hydroxylation is 1. The summed E-state index contributed by atoms with van der Waals surface area (Å²) in [4.78, 5) is 24.4. The van der Waals surface area contributed by atoms with Gasteiger partial charge in [0.1, 0.15) is 16.6 Å². The van der Waals surface area contributed by atoms with E-state index in [1.807, 2.05) is 20.8 Å². The quantitative estimate of drug-likeness (QED) is 0.770. The lowest BCUT2D eigenvalue weighted by atomic mass is 10.1. The number of carbonyl (C=O) groups excluding carboxylic acids is 2. The molecule has 2 heterocycles. The number of aromatic nitrogens is 1. The molecule has 1 fully saturated rings. The van der Waals surface area contributed by atoms with Crippen LogP contribution in [-0.4, -0.2) is 53.9 Å². The molecule has 0 radical (unpaired) electrons. The largest absolute Gasteiger partial charge is 0.461 e. The Labute approximate surface area is 154 Å². The first kappa shape index (κ1) is 20.4. The molecule has 0 aromatic carbocycles. The minimum atomic E-state index is -3.89. The molecular weight excluding hydrogens is 358 g/mol. The van der Waals surface area contributed by atoms with E-state index in [0.717, 1.165) is 0 Å². The normalized spacial score (nSPS) is 18.7. The number of rotatable bonds is 5. The summed E-state index contributed by atoms with van der Waals surface area (Å²) in [6.45, 7) is 7.70. The lowest BCUT2D eigenvalue weighted by Crippen LogP contribution is -2.51. The molecule has 0 aliphatic carbocycles. The van der Waals surface area contributed by atoms with Crippen molar-refractivity contribution in [2.75, 3.05) is 13.2 Å². The number of amides is 1. The number of sulfonamides is 1. The smallest absolute Gasteiger partial charge is 0.354 e. The minimum Gasteiger partial charge on any atom is -0.461 e. The third-order valence-corrected chi connectivity index (χ3v) is 5.95. The highest BCUT2D eigenvalue weighted by Gasteiger charge is 2.41. The number of nitrogens with one attached hydrogen (secondary N) is 1. The van der Waals surface area contributed by atoms with E-state index in [1.54, 1.807) is 14.0 Å².